The Morgan fingerprint density at radius 3 is 2.80 bits per heavy atom. The molecular weight excluding hydrogens is 379 g/mol. The van der Waals surface area contributed by atoms with E-state index in [-0.39, 0.29) is 5.54 Å². The maximum atomic E-state index is 13.4. The molecule has 2 saturated carbocycles. The number of likely N-dealkylation sites (N-methyl/N-ethyl adjacent to an activating group) is 1. The summed E-state index contributed by atoms with van der Waals surface area (Å²) in [6.45, 7) is 5.19. The van der Waals surface area contributed by atoms with Crippen LogP contribution in [0.3, 0.4) is 0 Å². The smallest absolute Gasteiger partial charge is 0.191 e. The van der Waals surface area contributed by atoms with Crippen molar-refractivity contribution in [2.24, 2.45) is 5.92 Å². The van der Waals surface area contributed by atoms with Gasteiger partial charge in [0.2, 0.25) is 0 Å². The van der Waals surface area contributed by atoms with Crippen molar-refractivity contribution in [1.82, 2.24) is 5.32 Å². The minimum absolute atomic E-state index is 0.0800. The maximum absolute atomic E-state index is 13.4. The van der Waals surface area contributed by atoms with Crippen molar-refractivity contribution in [3.63, 3.8) is 0 Å². The number of halogens is 1. The van der Waals surface area contributed by atoms with Crippen LogP contribution in [-0.2, 0) is 0 Å². The number of nitrogens with zero attached hydrogens (tertiary/aromatic N) is 1. The number of aldehydes is 1. The number of anilines is 1. The van der Waals surface area contributed by atoms with Crippen LogP contribution in [0.4, 0.5) is 10.1 Å². The second kappa shape index (κ2) is 8.79. The number of hydrogen-bond acceptors (Lipinski definition) is 4. The van der Waals surface area contributed by atoms with E-state index >= 15 is 0 Å². The van der Waals surface area contributed by atoms with Gasteiger partial charge in [-0.2, -0.15) is 0 Å². The van der Waals surface area contributed by atoms with E-state index in [0.29, 0.717) is 22.7 Å². The molecule has 5 heteroatoms. The Kier molecular flexibility index (Phi) is 6.12. The van der Waals surface area contributed by atoms with Crippen LogP contribution in [-0.4, -0.2) is 38.6 Å². The van der Waals surface area contributed by atoms with Gasteiger partial charge in [0, 0.05) is 29.4 Å². The van der Waals surface area contributed by atoms with Gasteiger partial charge in [-0.15, -0.1) is 5.73 Å². The Morgan fingerprint density at radius 1 is 1.40 bits per heavy atom. The van der Waals surface area contributed by atoms with Crippen molar-refractivity contribution in [3.05, 3.63) is 45.9 Å². The van der Waals surface area contributed by atoms with E-state index in [9.17, 15) is 9.18 Å². The van der Waals surface area contributed by atoms with Gasteiger partial charge < -0.3 is 14.6 Å². The molecular formula is C25H31FN2O2. The van der Waals surface area contributed by atoms with E-state index in [4.69, 9.17) is 4.42 Å². The van der Waals surface area contributed by atoms with Gasteiger partial charge in [-0.1, -0.05) is 12.2 Å². The largest absolute Gasteiger partial charge is 0.451 e. The lowest BCUT2D eigenvalue weighted by Gasteiger charge is -2.31. The molecule has 0 aromatic carbocycles. The maximum Gasteiger partial charge on any atom is 0.191 e. The summed E-state index contributed by atoms with van der Waals surface area (Å²) in [5.41, 5.74) is 6.24. The molecule has 3 aliphatic rings. The van der Waals surface area contributed by atoms with Crippen molar-refractivity contribution in [3.8, 4) is 0 Å². The molecule has 0 bridgehead atoms. The molecule has 0 unspecified atom stereocenters. The van der Waals surface area contributed by atoms with Gasteiger partial charge >= 0.3 is 0 Å². The lowest BCUT2D eigenvalue weighted by molar-refractivity contribution is 0.109. The summed E-state index contributed by atoms with van der Waals surface area (Å²) in [6, 6.07) is 0. The number of carbonyl (C=O) groups excluding carboxylic acids is 1. The van der Waals surface area contributed by atoms with Crippen LogP contribution >= 0.6 is 0 Å². The quantitative estimate of drug-likeness (QED) is 0.385. The number of nitrogens with one attached hydrogen (secondary N) is 1. The van der Waals surface area contributed by atoms with Crippen LogP contribution in [0, 0.1) is 5.92 Å². The van der Waals surface area contributed by atoms with Crippen molar-refractivity contribution >= 4 is 24.1 Å². The van der Waals surface area contributed by atoms with Gasteiger partial charge in [0.25, 0.3) is 0 Å². The molecule has 0 saturated heterocycles. The summed E-state index contributed by atoms with van der Waals surface area (Å²) in [5, 5.41) is 4.25. The Labute approximate surface area is 177 Å². The average Bonchev–Trinajstić information content (AvgIpc) is 3.50. The molecule has 2 fully saturated rings. The Balaban J connectivity index is 1.68. The third-order valence-electron chi connectivity index (χ3n) is 6.86. The number of carbonyl (C=O) groups is 1. The Morgan fingerprint density at radius 2 is 2.17 bits per heavy atom. The molecule has 1 N–H and O–H groups in total. The number of fused-ring (bicyclic) bond motifs is 1. The highest BCUT2D eigenvalue weighted by atomic mass is 19.1. The molecule has 0 radical (unpaired) electrons. The fraction of sp³-hybridized carbons (Fsp3) is 0.520. The van der Waals surface area contributed by atoms with E-state index in [2.05, 4.69) is 22.5 Å². The fourth-order valence-corrected chi connectivity index (χ4v) is 4.64. The molecule has 4 nitrogen and oxygen atoms in total. The van der Waals surface area contributed by atoms with Gasteiger partial charge in [-0.3, -0.25) is 4.79 Å². The van der Waals surface area contributed by atoms with E-state index in [1.54, 1.807) is 18.2 Å². The molecule has 1 aromatic heterocycles. The predicted octanol–water partition coefficient (Wildman–Crippen LogP) is 3.41. The van der Waals surface area contributed by atoms with E-state index in [1.165, 1.54) is 18.4 Å². The van der Waals surface area contributed by atoms with Crippen LogP contribution in [0.5, 0.6) is 0 Å². The number of allylic oxidation sites excluding steroid dienone is 2. The predicted molar refractivity (Wildman–Crippen MR) is 119 cm³/mol. The van der Waals surface area contributed by atoms with Gasteiger partial charge in [0.05, 0.1) is 5.69 Å². The number of alkyl halides is 1. The number of furan rings is 1. The molecule has 0 atom stereocenters. The minimum atomic E-state index is -0.600. The molecule has 1 heterocycles. The summed E-state index contributed by atoms with van der Waals surface area (Å²) in [5.74, 6) is 0.997. The van der Waals surface area contributed by atoms with Crippen LogP contribution in [0.1, 0.15) is 55.5 Å². The van der Waals surface area contributed by atoms with E-state index in [1.807, 2.05) is 7.05 Å². The lowest BCUT2D eigenvalue weighted by atomic mass is 9.84. The molecule has 30 heavy (non-hydrogen) atoms. The summed E-state index contributed by atoms with van der Waals surface area (Å²) in [7, 11) is 2.00. The third kappa shape index (κ3) is 4.38. The van der Waals surface area contributed by atoms with Crippen LogP contribution in [0.2, 0.25) is 0 Å². The van der Waals surface area contributed by atoms with Crippen LogP contribution < -0.4 is 20.9 Å². The van der Waals surface area contributed by atoms with Gasteiger partial charge in [0.1, 0.15) is 12.1 Å². The first kappa shape index (κ1) is 20.9. The van der Waals surface area contributed by atoms with Crippen molar-refractivity contribution < 1.29 is 13.6 Å². The summed E-state index contributed by atoms with van der Waals surface area (Å²) in [6.07, 6.45) is 13.9. The molecule has 0 amide bonds. The first-order valence-corrected chi connectivity index (χ1v) is 11.0. The zero-order valence-electron chi connectivity index (χ0n) is 17.8. The van der Waals surface area contributed by atoms with Gasteiger partial charge in [-0.25, -0.2) is 4.39 Å². The third-order valence-corrected chi connectivity index (χ3v) is 6.86. The van der Waals surface area contributed by atoms with Gasteiger partial charge in [-0.05, 0) is 76.1 Å². The van der Waals surface area contributed by atoms with Crippen LogP contribution in [0.25, 0.3) is 12.2 Å². The van der Waals surface area contributed by atoms with Crippen molar-refractivity contribution in [2.75, 3.05) is 31.7 Å². The Hall–Kier alpha value is -2.36. The monoisotopic (exact) mass is 410 g/mol. The molecule has 160 valence electrons. The molecule has 4 rings (SSSR count). The average molecular weight is 411 g/mol. The zero-order chi connectivity index (χ0) is 21.1. The number of hydrogen-bond donors (Lipinski definition) is 1. The molecule has 0 aliphatic heterocycles. The summed E-state index contributed by atoms with van der Waals surface area (Å²) in [4.78, 5) is 14.2. The zero-order valence-corrected chi connectivity index (χ0v) is 17.8. The fourth-order valence-electron chi connectivity index (χ4n) is 4.64. The van der Waals surface area contributed by atoms with Crippen molar-refractivity contribution in [1.29, 1.82) is 0 Å². The Bertz CT molecular complexity index is 999. The van der Waals surface area contributed by atoms with Gasteiger partial charge in [0.15, 0.2) is 12.0 Å². The van der Waals surface area contributed by atoms with E-state index < -0.39 is 6.67 Å². The first-order valence-electron chi connectivity index (χ1n) is 11.0. The minimum Gasteiger partial charge on any atom is -0.451 e. The summed E-state index contributed by atoms with van der Waals surface area (Å²) >= 11 is 0. The molecule has 1 aromatic rings. The highest BCUT2D eigenvalue weighted by molar-refractivity contribution is 5.82. The van der Waals surface area contributed by atoms with E-state index in [0.717, 1.165) is 62.4 Å². The summed E-state index contributed by atoms with van der Waals surface area (Å²) < 4.78 is 19.3. The normalized spacial score (nSPS) is 19.9. The SMILES string of the molecule is C=C1CCC(CCN(CC2(NC)CC2)c2c(C=O)oc3c2=CC(CF)=C=CC=3)CC1. The number of rotatable bonds is 9. The highest BCUT2D eigenvalue weighted by Crippen LogP contribution is 2.37. The second-order valence-corrected chi connectivity index (χ2v) is 8.93. The molecule has 0 spiro atoms. The lowest BCUT2D eigenvalue weighted by Crippen LogP contribution is -2.44. The standard InChI is InChI=1S/C25H31FN2O2/c1-18-6-8-19(9-7-18)10-13-28(17-25(27-2)11-12-25)24-21-14-20(15-26)4-3-5-22(21)30-23(24)16-29/h3,5,14,16,19,27H,1,6-13,15,17H2,2H3. The highest BCUT2D eigenvalue weighted by Gasteiger charge is 2.43. The van der Waals surface area contributed by atoms with Crippen LogP contribution in [0.15, 0.2) is 33.9 Å². The second-order valence-electron chi connectivity index (χ2n) is 8.93. The van der Waals surface area contributed by atoms with Crippen molar-refractivity contribution in [2.45, 2.75) is 50.5 Å². The topological polar surface area (TPSA) is 45.5 Å². The first-order chi connectivity index (χ1) is 14.6. The molecule has 3 aliphatic carbocycles.